The third-order valence-corrected chi connectivity index (χ3v) is 7.68. The maximum atomic E-state index is 12.9. The van der Waals surface area contributed by atoms with Crippen LogP contribution >= 0.6 is 11.3 Å². The van der Waals surface area contributed by atoms with Gasteiger partial charge < -0.3 is 14.4 Å². The number of carbonyl (C=O) groups excluding carboxylic acids is 4. The van der Waals surface area contributed by atoms with Gasteiger partial charge in [0.1, 0.15) is 16.7 Å². The van der Waals surface area contributed by atoms with Crippen molar-refractivity contribution in [1.29, 1.82) is 0 Å². The molecule has 1 aliphatic carbocycles. The quantitative estimate of drug-likeness (QED) is 0.267. The third kappa shape index (κ3) is 9.14. The maximum absolute atomic E-state index is 12.9. The fraction of sp³-hybridized carbons (Fsp3) is 0.536. The zero-order chi connectivity index (χ0) is 28.5. The van der Waals surface area contributed by atoms with Gasteiger partial charge in [0, 0.05) is 44.7 Å². The number of nitrogens with zero attached hydrogens (tertiary/aromatic N) is 2. The van der Waals surface area contributed by atoms with Crippen molar-refractivity contribution in [1.82, 2.24) is 20.7 Å². The summed E-state index contributed by atoms with van der Waals surface area (Å²) in [6.45, 7) is 5.37. The summed E-state index contributed by atoms with van der Waals surface area (Å²) in [4.78, 5) is 56.0. The van der Waals surface area contributed by atoms with Crippen LogP contribution in [0.3, 0.4) is 0 Å². The second-order valence-corrected chi connectivity index (χ2v) is 11.1. The smallest absolute Gasteiger partial charge is 0.325 e. The fourth-order valence-corrected chi connectivity index (χ4v) is 5.18. The monoisotopic (exact) mass is 558 g/mol. The molecule has 10 nitrogen and oxygen atoms in total. The molecule has 212 valence electrons. The molecule has 1 heterocycles. The number of ether oxygens (including phenoxy) is 2. The number of amides is 2. The minimum absolute atomic E-state index is 0.0821. The Morgan fingerprint density at radius 2 is 1.85 bits per heavy atom. The molecule has 3 atom stereocenters. The Morgan fingerprint density at radius 3 is 2.44 bits per heavy atom. The second-order valence-electron chi connectivity index (χ2n) is 10.2. The summed E-state index contributed by atoms with van der Waals surface area (Å²) in [7, 11) is 3.08. The van der Waals surface area contributed by atoms with Crippen LogP contribution in [-0.4, -0.2) is 59.9 Å². The van der Waals surface area contributed by atoms with Gasteiger partial charge in [0.2, 0.25) is 5.91 Å². The molecule has 0 spiro atoms. The first-order valence-electron chi connectivity index (χ1n) is 13.1. The van der Waals surface area contributed by atoms with Crippen molar-refractivity contribution in [2.45, 2.75) is 71.1 Å². The SMILES string of the molecule is COC(=O)[C@H](Cc1ccccc1)NNC(=O)c1csc([C@@H](CC(C(C)C)N(C)C(=O)CC2CC2)OC(C)=O)n1. The number of hydrazine groups is 1. The number of hydrogen-bond donors (Lipinski definition) is 2. The van der Waals surface area contributed by atoms with Gasteiger partial charge in [0.15, 0.2) is 6.10 Å². The molecule has 1 unspecified atom stereocenters. The van der Waals surface area contributed by atoms with E-state index in [-0.39, 0.29) is 23.6 Å². The van der Waals surface area contributed by atoms with E-state index >= 15 is 0 Å². The summed E-state index contributed by atoms with van der Waals surface area (Å²) in [5.74, 6) is -0.871. The molecule has 2 amide bonds. The molecule has 3 rings (SSSR count). The van der Waals surface area contributed by atoms with Gasteiger partial charge in [-0.3, -0.25) is 24.6 Å². The molecule has 39 heavy (non-hydrogen) atoms. The highest BCUT2D eigenvalue weighted by atomic mass is 32.1. The van der Waals surface area contributed by atoms with E-state index < -0.39 is 30.0 Å². The number of nitrogens with one attached hydrogen (secondary N) is 2. The van der Waals surface area contributed by atoms with Crippen LogP contribution in [0.4, 0.5) is 0 Å². The Bertz CT molecular complexity index is 1130. The highest BCUT2D eigenvalue weighted by Gasteiger charge is 2.33. The Balaban J connectivity index is 1.68. The Labute approximate surface area is 233 Å². The molecule has 1 aromatic heterocycles. The van der Waals surface area contributed by atoms with Crippen molar-refractivity contribution in [2.75, 3.05) is 14.2 Å². The fourth-order valence-electron chi connectivity index (χ4n) is 4.34. The van der Waals surface area contributed by atoms with Gasteiger partial charge in [-0.15, -0.1) is 11.3 Å². The molecule has 2 N–H and O–H groups in total. The molecule has 1 aliphatic rings. The lowest BCUT2D eigenvalue weighted by Gasteiger charge is -2.33. The number of rotatable bonds is 14. The zero-order valence-electron chi connectivity index (χ0n) is 23.1. The Hall–Kier alpha value is -3.31. The molecule has 0 aliphatic heterocycles. The van der Waals surface area contributed by atoms with E-state index in [1.54, 1.807) is 17.3 Å². The minimum Gasteiger partial charge on any atom is -0.468 e. The number of esters is 2. The maximum Gasteiger partial charge on any atom is 0.325 e. The summed E-state index contributed by atoms with van der Waals surface area (Å²) in [6, 6.07) is 8.38. The normalized spacial score (nSPS) is 15.2. The van der Waals surface area contributed by atoms with Gasteiger partial charge in [-0.25, -0.2) is 10.4 Å². The van der Waals surface area contributed by atoms with Gasteiger partial charge in [-0.1, -0.05) is 44.2 Å². The van der Waals surface area contributed by atoms with Gasteiger partial charge >= 0.3 is 11.9 Å². The lowest BCUT2D eigenvalue weighted by Crippen LogP contribution is -2.49. The highest BCUT2D eigenvalue weighted by Crippen LogP contribution is 2.34. The predicted octanol–water partition coefficient (Wildman–Crippen LogP) is 3.44. The molecule has 1 fully saturated rings. The molecule has 11 heteroatoms. The summed E-state index contributed by atoms with van der Waals surface area (Å²) >= 11 is 1.20. The molecule has 0 bridgehead atoms. The van der Waals surface area contributed by atoms with Crippen LogP contribution in [0.5, 0.6) is 0 Å². The van der Waals surface area contributed by atoms with Crippen LogP contribution < -0.4 is 10.9 Å². The van der Waals surface area contributed by atoms with Crippen LogP contribution in [-0.2, 0) is 30.3 Å². The largest absolute Gasteiger partial charge is 0.468 e. The van der Waals surface area contributed by atoms with Crippen LogP contribution in [0.2, 0.25) is 0 Å². The van der Waals surface area contributed by atoms with E-state index in [9.17, 15) is 19.2 Å². The summed E-state index contributed by atoms with van der Waals surface area (Å²) in [5, 5.41) is 2.03. The number of aromatic nitrogens is 1. The summed E-state index contributed by atoms with van der Waals surface area (Å²) in [5.41, 5.74) is 6.29. The number of methoxy groups -OCH3 is 1. The van der Waals surface area contributed by atoms with Crippen LogP contribution in [0.15, 0.2) is 35.7 Å². The first-order valence-corrected chi connectivity index (χ1v) is 14.0. The first-order chi connectivity index (χ1) is 18.6. The van der Waals surface area contributed by atoms with E-state index in [2.05, 4.69) is 15.8 Å². The molecule has 1 aromatic carbocycles. The molecule has 2 aromatic rings. The average molecular weight is 559 g/mol. The van der Waals surface area contributed by atoms with Crippen molar-refractivity contribution in [3.63, 3.8) is 0 Å². The number of benzene rings is 1. The van der Waals surface area contributed by atoms with Gasteiger partial charge in [-0.2, -0.15) is 0 Å². The van der Waals surface area contributed by atoms with Gasteiger partial charge in [0.25, 0.3) is 5.91 Å². The van der Waals surface area contributed by atoms with Crippen molar-refractivity contribution in [3.05, 3.63) is 52.0 Å². The van der Waals surface area contributed by atoms with Crippen molar-refractivity contribution in [3.8, 4) is 0 Å². The van der Waals surface area contributed by atoms with Crippen LogP contribution in [0.1, 0.15) is 73.6 Å². The Kier molecular flexibility index (Phi) is 11.0. The van der Waals surface area contributed by atoms with Gasteiger partial charge in [0.05, 0.1) is 7.11 Å². The standard InChI is InChI=1S/C28H38N4O6S/c1-17(2)23(32(4)25(34)14-20-11-12-20)15-24(38-18(3)33)27-29-22(16-39-27)26(35)31-30-21(28(36)37-5)13-19-9-7-6-8-10-19/h6-10,16-17,20-21,23-24,30H,11-15H2,1-5H3,(H,31,35)/t21-,23?,24+/m0/s1. The van der Waals surface area contributed by atoms with Crippen LogP contribution in [0, 0.1) is 11.8 Å². The minimum atomic E-state index is -0.802. The second kappa shape index (κ2) is 14.2. The van der Waals surface area contributed by atoms with E-state index in [0.29, 0.717) is 30.2 Å². The average Bonchev–Trinajstić information content (AvgIpc) is 3.58. The van der Waals surface area contributed by atoms with Crippen molar-refractivity contribution >= 4 is 35.1 Å². The van der Waals surface area contributed by atoms with Crippen molar-refractivity contribution in [2.24, 2.45) is 11.8 Å². The molecule has 1 saturated carbocycles. The highest BCUT2D eigenvalue weighted by molar-refractivity contribution is 7.09. The van der Waals surface area contributed by atoms with Gasteiger partial charge in [-0.05, 0) is 30.2 Å². The summed E-state index contributed by atoms with van der Waals surface area (Å²) < 4.78 is 10.5. The molecular weight excluding hydrogens is 520 g/mol. The molecule has 0 radical (unpaired) electrons. The zero-order valence-corrected chi connectivity index (χ0v) is 24.0. The number of thiazole rings is 1. The van der Waals surface area contributed by atoms with E-state index in [4.69, 9.17) is 9.47 Å². The predicted molar refractivity (Wildman–Crippen MR) is 147 cm³/mol. The van der Waals surface area contributed by atoms with Crippen molar-refractivity contribution < 1.29 is 28.7 Å². The van der Waals surface area contributed by atoms with E-state index in [1.807, 2.05) is 44.2 Å². The number of carbonyl (C=O) groups is 4. The lowest BCUT2D eigenvalue weighted by molar-refractivity contribution is -0.148. The summed E-state index contributed by atoms with van der Waals surface area (Å²) in [6.07, 6.45) is 2.67. The first kappa shape index (κ1) is 30.2. The molecule has 0 saturated heterocycles. The van der Waals surface area contributed by atoms with Crippen LogP contribution in [0.25, 0.3) is 0 Å². The third-order valence-electron chi connectivity index (χ3n) is 6.74. The number of hydrogen-bond acceptors (Lipinski definition) is 9. The Morgan fingerprint density at radius 1 is 1.15 bits per heavy atom. The van der Waals surface area contributed by atoms with E-state index in [1.165, 1.54) is 25.4 Å². The van der Waals surface area contributed by atoms with E-state index in [0.717, 1.165) is 18.4 Å². The topological polar surface area (TPSA) is 127 Å². The lowest BCUT2D eigenvalue weighted by atomic mass is 9.96. The molecular formula is C28H38N4O6S.